The van der Waals surface area contributed by atoms with Crippen molar-refractivity contribution in [2.75, 3.05) is 12.9 Å². The molecule has 0 N–H and O–H groups in total. The predicted molar refractivity (Wildman–Crippen MR) is 115 cm³/mol. The van der Waals surface area contributed by atoms with E-state index < -0.39 is 5.97 Å². The summed E-state index contributed by atoms with van der Waals surface area (Å²) in [5, 5.41) is 0.794. The summed E-state index contributed by atoms with van der Waals surface area (Å²) < 4.78 is 7.20. The van der Waals surface area contributed by atoms with E-state index in [9.17, 15) is 4.79 Å². The van der Waals surface area contributed by atoms with Crippen LogP contribution >= 0.6 is 11.8 Å². The summed E-state index contributed by atoms with van der Waals surface area (Å²) in [5.41, 5.74) is 4.67. The predicted octanol–water partition coefficient (Wildman–Crippen LogP) is 6.29. The molecule has 0 aliphatic rings. The van der Waals surface area contributed by atoms with Crippen molar-refractivity contribution >= 4 is 23.4 Å². The minimum absolute atomic E-state index is 0.294. The number of esters is 1. The molecule has 3 aromatic rings. The van der Waals surface area contributed by atoms with Gasteiger partial charge in [-0.1, -0.05) is 54.6 Å². The molecule has 1 heterocycles. The number of hydrogen-bond donors (Lipinski definition) is 0. The highest BCUT2D eigenvalue weighted by Gasteiger charge is 2.28. The number of aromatic nitrogens is 1. The molecule has 0 aliphatic carbocycles. The zero-order chi connectivity index (χ0) is 20.1. The monoisotopic (exact) mass is 390 g/mol. The van der Waals surface area contributed by atoms with Crippen LogP contribution in [-0.2, 0) is 11.3 Å². The first-order valence-corrected chi connectivity index (χ1v) is 10.4. The van der Waals surface area contributed by atoms with Crippen LogP contribution in [0.3, 0.4) is 0 Å². The molecule has 0 amide bonds. The van der Waals surface area contributed by atoms with E-state index in [-0.39, 0.29) is 0 Å². The highest BCUT2D eigenvalue weighted by molar-refractivity contribution is 7.98. The zero-order valence-corrected chi connectivity index (χ0v) is 17.0. The van der Waals surface area contributed by atoms with Crippen molar-refractivity contribution in [1.29, 1.82) is 0 Å². The first-order valence-electron chi connectivity index (χ1n) is 9.17. The van der Waals surface area contributed by atoms with Gasteiger partial charge in [0.1, 0.15) is 5.69 Å². The molecule has 0 atom stereocenters. The fraction of sp³-hybridized carbons (Fsp3) is 0.217. The average Bonchev–Trinajstić information content (AvgIpc) is 3.08. The molecule has 5 heteroatoms. The maximum absolute atomic E-state index is 12.7. The summed E-state index contributed by atoms with van der Waals surface area (Å²) in [4.78, 5) is 16.5. The lowest BCUT2D eigenvalue weighted by molar-refractivity contribution is 0.0514. The number of ether oxygens (including phenoxy) is 1. The maximum Gasteiger partial charge on any atom is 0.354 e. The zero-order valence-electron chi connectivity index (χ0n) is 16.2. The van der Waals surface area contributed by atoms with Crippen molar-refractivity contribution < 1.29 is 9.53 Å². The molecule has 2 aromatic carbocycles. The molecule has 4 nitrogen and oxygen atoms in total. The number of thioether (sulfide) groups is 1. The van der Waals surface area contributed by atoms with Gasteiger partial charge in [0, 0.05) is 12.1 Å². The molecule has 0 saturated heterocycles. The van der Waals surface area contributed by atoms with E-state index in [1.54, 1.807) is 6.92 Å². The van der Waals surface area contributed by atoms with E-state index in [0.29, 0.717) is 30.1 Å². The third-order valence-corrected chi connectivity index (χ3v) is 5.36. The lowest BCUT2D eigenvalue weighted by Crippen LogP contribution is -2.13. The van der Waals surface area contributed by atoms with Crippen molar-refractivity contribution in [3.05, 3.63) is 71.7 Å². The van der Waals surface area contributed by atoms with Gasteiger partial charge < -0.3 is 9.30 Å². The van der Waals surface area contributed by atoms with Gasteiger partial charge in [0.2, 0.25) is 5.69 Å². The molecule has 28 heavy (non-hydrogen) atoms. The molecule has 0 spiro atoms. The van der Waals surface area contributed by atoms with Crippen molar-refractivity contribution in [2.24, 2.45) is 0 Å². The number of rotatable bonds is 6. The Balaban J connectivity index is 2.19. The normalized spacial score (nSPS) is 10.5. The molecule has 142 valence electrons. The van der Waals surface area contributed by atoms with Gasteiger partial charge in [0.05, 0.1) is 18.2 Å². The summed E-state index contributed by atoms with van der Waals surface area (Å²) in [5.74, 6) is -0.392. The van der Waals surface area contributed by atoms with Crippen LogP contribution in [-0.4, -0.2) is 23.4 Å². The van der Waals surface area contributed by atoms with Crippen LogP contribution in [0.4, 0.5) is 5.69 Å². The second-order valence-electron chi connectivity index (χ2n) is 6.10. The van der Waals surface area contributed by atoms with Gasteiger partial charge >= 0.3 is 5.97 Å². The maximum atomic E-state index is 12.7. The number of benzene rings is 2. The lowest BCUT2D eigenvalue weighted by Gasteiger charge is -2.11. The first-order chi connectivity index (χ1) is 13.7. The fourth-order valence-corrected chi connectivity index (χ4v) is 4.12. The summed E-state index contributed by atoms with van der Waals surface area (Å²) in [7, 11) is 0. The number of carbonyl (C=O) groups excluding carboxylic acids is 1. The topological polar surface area (TPSA) is 35.6 Å². The van der Waals surface area contributed by atoms with Gasteiger partial charge in [-0.15, -0.1) is 11.8 Å². The molecular weight excluding hydrogens is 368 g/mol. The average molecular weight is 391 g/mol. The molecule has 1 aromatic heterocycles. The summed E-state index contributed by atoms with van der Waals surface area (Å²) >= 11 is 1.48. The smallest absolute Gasteiger partial charge is 0.354 e. The number of hydrogen-bond acceptors (Lipinski definition) is 3. The Kier molecular flexibility index (Phi) is 6.23. The largest absolute Gasteiger partial charge is 0.461 e. The van der Waals surface area contributed by atoms with Gasteiger partial charge in [0.25, 0.3) is 0 Å². The molecule has 0 bridgehead atoms. The van der Waals surface area contributed by atoms with Gasteiger partial charge in [-0.2, -0.15) is 0 Å². The van der Waals surface area contributed by atoms with E-state index in [0.717, 1.165) is 21.7 Å². The Hall–Kier alpha value is -2.97. The third-order valence-electron chi connectivity index (χ3n) is 4.56. The van der Waals surface area contributed by atoms with E-state index in [1.807, 2.05) is 60.2 Å². The standard InChI is InChI=1S/C23H22N2O2S/c1-5-25-21(23(26)27-6-2)19(20(24-3)22(25)28-4)18-14-12-17(13-15-18)16-10-8-7-9-11-16/h7-15H,5-6H2,1-2,4H3. The first kappa shape index (κ1) is 19.8. The molecule has 0 fully saturated rings. The Morgan fingerprint density at radius 2 is 1.64 bits per heavy atom. The van der Waals surface area contributed by atoms with Crippen LogP contribution in [0.5, 0.6) is 0 Å². The number of carbonyl (C=O) groups is 1. The molecular formula is C23H22N2O2S. The Morgan fingerprint density at radius 1 is 1.04 bits per heavy atom. The van der Waals surface area contributed by atoms with Gasteiger partial charge in [-0.05, 0) is 36.8 Å². The number of nitrogens with zero attached hydrogens (tertiary/aromatic N) is 2. The highest BCUT2D eigenvalue weighted by Crippen LogP contribution is 2.44. The van der Waals surface area contributed by atoms with Gasteiger partial charge in [-0.25, -0.2) is 9.64 Å². The van der Waals surface area contributed by atoms with Crippen LogP contribution in [0.15, 0.2) is 59.6 Å². The van der Waals surface area contributed by atoms with Crippen LogP contribution < -0.4 is 0 Å². The van der Waals surface area contributed by atoms with Crippen molar-refractivity contribution in [2.45, 2.75) is 25.4 Å². The second kappa shape index (κ2) is 8.81. The minimum Gasteiger partial charge on any atom is -0.461 e. The van der Waals surface area contributed by atoms with Gasteiger partial charge in [0.15, 0.2) is 0 Å². The summed E-state index contributed by atoms with van der Waals surface area (Å²) in [6.07, 6.45) is 1.92. The van der Waals surface area contributed by atoms with Crippen molar-refractivity contribution in [1.82, 2.24) is 4.57 Å². The fourth-order valence-electron chi connectivity index (χ4n) is 3.34. The minimum atomic E-state index is -0.392. The molecule has 0 unspecified atom stereocenters. The molecule has 0 radical (unpaired) electrons. The van der Waals surface area contributed by atoms with Crippen molar-refractivity contribution in [3.63, 3.8) is 0 Å². The van der Waals surface area contributed by atoms with E-state index >= 15 is 0 Å². The highest BCUT2D eigenvalue weighted by atomic mass is 32.2. The van der Waals surface area contributed by atoms with Crippen LogP contribution in [0.1, 0.15) is 24.3 Å². The summed E-state index contributed by atoms with van der Waals surface area (Å²) in [6.45, 7) is 12.4. The second-order valence-corrected chi connectivity index (χ2v) is 6.90. The van der Waals surface area contributed by atoms with E-state index in [2.05, 4.69) is 17.0 Å². The molecule has 3 rings (SSSR count). The SMILES string of the molecule is [C-]#[N+]c1c(-c2ccc(-c3ccccc3)cc2)c(C(=O)OCC)n(CC)c1SC. The van der Waals surface area contributed by atoms with Crippen LogP contribution in [0.25, 0.3) is 27.1 Å². The Labute approximate surface area is 170 Å². The molecule has 0 saturated carbocycles. The van der Waals surface area contributed by atoms with Crippen LogP contribution in [0, 0.1) is 6.57 Å². The van der Waals surface area contributed by atoms with E-state index in [4.69, 9.17) is 11.3 Å². The molecule has 0 aliphatic heterocycles. The Bertz CT molecular complexity index is 1020. The summed E-state index contributed by atoms with van der Waals surface area (Å²) in [6, 6.07) is 18.1. The van der Waals surface area contributed by atoms with Crippen molar-refractivity contribution in [3.8, 4) is 22.3 Å². The third kappa shape index (κ3) is 3.56. The lowest BCUT2D eigenvalue weighted by atomic mass is 9.99. The van der Waals surface area contributed by atoms with Gasteiger partial charge in [-0.3, -0.25) is 0 Å². The van der Waals surface area contributed by atoms with E-state index in [1.165, 1.54) is 11.8 Å². The van der Waals surface area contributed by atoms with Crippen LogP contribution in [0.2, 0.25) is 0 Å². The quantitative estimate of drug-likeness (QED) is 0.282. The Morgan fingerprint density at radius 3 is 2.18 bits per heavy atom.